The van der Waals surface area contributed by atoms with Crippen LogP contribution >= 0.6 is 0 Å². The Hall–Kier alpha value is -1.04. The highest BCUT2D eigenvalue weighted by molar-refractivity contribution is 5.22. The van der Waals surface area contributed by atoms with Crippen molar-refractivity contribution in [3.63, 3.8) is 0 Å². The zero-order valence-electron chi connectivity index (χ0n) is 11.3. The normalized spacial score (nSPS) is 20.2. The van der Waals surface area contributed by atoms with Gasteiger partial charge >= 0.3 is 0 Å². The Morgan fingerprint density at radius 3 is 2.68 bits per heavy atom. The Morgan fingerprint density at radius 1 is 1.21 bits per heavy atom. The molecule has 0 aromatic heterocycles. The number of halogens is 2. The third-order valence-corrected chi connectivity index (χ3v) is 3.74. The maximum Gasteiger partial charge on any atom is 0.130 e. The molecule has 1 unspecified atom stereocenters. The average Bonchev–Trinajstić information content (AvgIpc) is 2.58. The van der Waals surface area contributed by atoms with Crippen LogP contribution in [0.2, 0.25) is 0 Å². The van der Waals surface area contributed by atoms with Crippen LogP contribution in [0.3, 0.4) is 0 Å². The minimum atomic E-state index is -0.548. The fourth-order valence-corrected chi connectivity index (χ4v) is 2.62. The van der Waals surface area contributed by atoms with Gasteiger partial charge in [0.1, 0.15) is 11.6 Å². The van der Waals surface area contributed by atoms with Gasteiger partial charge in [-0.1, -0.05) is 6.07 Å². The lowest BCUT2D eigenvalue weighted by molar-refractivity contribution is 0.204. The van der Waals surface area contributed by atoms with Crippen LogP contribution in [0.5, 0.6) is 0 Å². The van der Waals surface area contributed by atoms with Crippen molar-refractivity contribution < 1.29 is 8.78 Å². The van der Waals surface area contributed by atoms with Crippen LogP contribution in [0.4, 0.5) is 8.78 Å². The molecule has 0 radical (unpaired) electrons. The lowest BCUT2D eigenvalue weighted by atomic mass is 10.0. The summed E-state index contributed by atoms with van der Waals surface area (Å²) in [6.07, 6.45) is 1.04. The number of nitrogens with zero attached hydrogens (tertiary/aromatic N) is 2. The summed E-state index contributed by atoms with van der Waals surface area (Å²) in [6, 6.07) is 3.57. The zero-order chi connectivity index (χ0) is 13.8. The maximum atomic E-state index is 13.9. The zero-order valence-corrected chi connectivity index (χ0v) is 11.3. The summed E-state index contributed by atoms with van der Waals surface area (Å²) < 4.78 is 26.9. The molecule has 1 aliphatic rings. The van der Waals surface area contributed by atoms with Gasteiger partial charge in [0.15, 0.2) is 0 Å². The minimum Gasteiger partial charge on any atom is -0.329 e. The van der Waals surface area contributed by atoms with E-state index in [0.717, 1.165) is 38.7 Å². The van der Waals surface area contributed by atoms with Crippen molar-refractivity contribution >= 4 is 0 Å². The van der Waals surface area contributed by atoms with Crippen LogP contribution in [-0.4, -0.2) is 49.6 Å². The second-order valence-corrected chi connectivity index (χ2v) is 5.11. The van der Waals surface area contributed by atoms with Crippen molar-refractivity contribution in [2.24, 2.45) is 5.73 Å². The molecule has 1 heterocycles. The van der Waals surface area contributed by atoms with E-state index >= 15 is 0 Å². The number of likely N-dealkylation sites (N-methyl/N-ethyl adjacent to an activating group) is 1. The van der Waals surface area contributed by atoms with Crippen LogP contribution in [-0.2, 0) is 0 Å². The highest BCUT2D eigenvalue weighted by Gasteiger charge is 2.23. The van der Waals surface area contributed by atoms with Crippen LogP contribution in [0, 0.1) is 11.6 Å². The van der Waals surface area contributed by atoms with E-state index in [1.54, 1.807) is 0 Å². The smallest absolute Gasteiger partial charge is 0.130 e. The van der Waals surface area contributed by atoms with Gasteiger partial charge in [-0.15, -0.1) is 0 Å². The second kappa shape index (κ2) is 6.41. The summed E-state index contributed by atoms with van der Waals surface area (Å²) in [6.45, 7) is 4.07. The molecule has 0 amide bonds. The first kappa shape index (κ1) is 14.4. The lowest BCUT2D eigenvalue weighted by Crippen LogP contribution is -2.37. The highest BCUT2D eigenvalue weighted by atomic mass is 19.1. The molecule has 1 aliphatic heterocycles. The Kier molecular flexibility index (Phi) is 4.85. The van der Waals surface area contributed by atoms with E-state index in [0.29, 0.717) is 12.1 Å². The van der Waals surface area contributed by atoms with Gasteiger partial charge < -0.3 is 10.6 Å². The predicted octanol–water partition coefficient (Wildman–Crippen LogP) is 1.60. The van der Waals surface area contributed by atoms with Crippen molar-refractivity contribution in [3.05, 3.63) is 35.4 Å². The average molecular weight is 269 g/mol. The molecule has 0 spiro atoms. The summed E-state index contributed by atoms with van der Waals surface area (Å²) in [7, 11) is 2.08. The fraction of sp³-hybridized carbons (Fsp3) is 0.571. The third-order valence-electron chi connectivity index (χ3n) is 3.74. The van der Waals surface area contributed by atoms with Gasteiger partial charge in [0, 0.05) is 43.9 Å². The molecule has 0 aliphatic carbocycles. The van der Waals surface area contributed by atoms with E-state index < -0.39 is 11.6 Å². The predicted molar refractivity (Wildman–Crippen MR) is 71.8 cm³/mol. The Bertz CT molecular complexity index is 425. The Morgan fingerprint density at radius 2 is 2.00 bits per heavy atom. The van der Waals surface area contributed by atoms with E-state index in [-0.39, 0.29) is 6.04 Å². The molecule has 1 saturated heterocycles. The van der Waals surface area contributed by atoms with Gasteiger partial charge in [0.25, 0.3) is 0 Å². The van der Waals surface area contributed by atoms with Gasteiger partial charge in [0.2, 0.25) is 0 Å². The van der Waals surface area contributed by atoms with Crippen molar-refractivity contribution in [1.82, 2.24) is 9.80 Å². The maximum absolute atomic E-state index is 13.9. The number of benzene rings is 1. The molecule has 1 fully saturated rings. The topological polar surface area (TPSA) is 32.5 Å². The molecule has 1 aromatic rings. The summed E-state index contributed by atoms with van der Waals surface area (Å²) in [4.78, 5) is 4.45. The molecule has 2 N–H and O–H groups in total. The quantitative estimate of drug-likeness (QED) is 0.904. The SMILES string of the molecule is CN1CCCN(C(CN)c2ccc(F)cc2F)CC1. The molecular weight excluding hydrogens is 248 g/mol. The Balaban J connectivity index is 2.18. The first-order chi connectivity index (χ1) is 9.11. The first-order valence-corrected chi connectivity index (χ1v) is 6.69. The molecule has 106 valence electrons. The first-order valence-electron chi connectivity index (χ1n) is 6.69. The largest absolute Gasteiger partial charge is 0.329 e. The van der Waals surface area contributed by atoms with Crippen LogP contribution in [0.15, 0.2) is 18.2 Å². The molecule has 5 heteroatoms. The highest BCUT2D eigenvalue weighted by Crippen LogP contribution is 2.24. The molecule has 3 nitrogen and oxygen atoms in total. The number of hydrogen-bond donors (Lipinski definition) is 1. The molecule has 0 saturated carbocycles. The molecule has 19 heavy (non-hydrogen) atoms. The van der Waals surface area contributed by atoms with E-state index in [4.69, 9.17) is 5.73 Å². The summed E-state index contributed by atoms with van der Waals surface area (Å²) in [5.74, 6) is -1.05. The van der Waals surface area contributed by atoms with Gasteiger partial charge in [-0.25, -0.2) is 8.78 Å². The fourth-order valence-electron chi connectivity index (χ4n) is 2.62. The van der Waals surface area contributed by atoms with E-state index in [9.17, 15) is 8.78 Å². The molecule has 0 bridgehead atoms. The Labute approximate surface area is 113 Å². The summed E-state index contributed by atoms with van der Waals surface area (Å²) >= 11 is 0. The van der Waals surface area contributed by atoms with E-state index in [2.05, 4.69) is 16.8 Å². The van der Waals surface area contributed by atoms with Gasteiger partial charge in [-0.05, 0) is 26.1 Å². The van der Waals surface area contributed by atoms with E-state index in [1.807, 2.05) is 0 Å². The van der Waals surface area contributed by atoms with E-state index in [1.165, 1.54) is 12.1 Å². The van der Waals surface area contributed by atoms with Crippen molar-refractivity contribution in [2.45, 2.75) is 12.5 Å². The molecule has 1 atom stereocenters. The number of rotatable bonds is 3. The molecule has 2 rings (SSSR count). The van der Waals surface area contributed by atoms with Crippen LogP contribution in [0.25, 0.3) is 0 Å². The lowest BCUT2D eigenvalue weighted by Gasteiger charge is -2.30. The standard InChI is InChI=1S/C14H21F2N3/c1-18-5-2-6-19(8-7-18)14(10-17)12-4-3-11(15)9-13(12)16/h3-4,9,14H,2,5-8,10,17H2,1H3. The van der Waals surface area contributed by atoms with Crippen molar-refractivity contribution in [1.29, 1.82) is 0 Å². The molecular formula is C14H21F2N3. The monoisotopic (exact) mass is 269 g/mol. The van der Waals surface area contributed by atoms with Gasteiger partial charge in [0.05, 0.1) is 0 Å². The number of nitrogens with two attached hydrogens (primary N) is 1. The number of hydrogen-bond acceptors (Lipinski definition) is 3. The van der Waals surface area contributed by atoms with Crippen molar-refractivity contribution in [3.8, 4) is 0 Å². The van der Waals surface area contributed by atoms with Gasteiger partial charge in [-0.3, -0.25) is 4.90 Å². The third kappa shape index (κ3) is 3.49. The van der Waals surface area contributed by atoms with Crippen LogP contribution in [0.1, 0.15) is 18.0 Å². The second-order valence-electron chi connectivity index (χ2n) is 5.11. The minimum absolute atomic E-state index is 0.174. The van der Waals surface area contributed by atoms with Crippen LogP contribution < -0.4 is 5.73 Å². The molecule has 1 aromatic carbocycles. The van der Waals surface area contributed by atoms with Gasteiger partial charge in [-0.2, -0.15) is 0 Å². The summed E-state index contributed by atoms with van der Waals surface area (Å²) in [5, 5.41) is 0. The summed E-state index contributed by atoms with van der Waals surface area (Å²) in [5.41, 5.74) is 6.31. The van der Waals surface area contributed by atoms with Crippen molar-refractivity contribution in [2.75, 3.05) is 39.8 Å².